The highest BCUT2D eigenvalue weighted by atomic mass is 16.3. The van der Waals surface area contributed by atoms with Gasteiger partial charge in [-0.2, -0.15) is 0 Å². The van der Waals surface area contributed by atoms with Crippen molar-refractivity contribution in [2.24, 2.45) is 11.1 Å². The van der Waals surface area contributed by atoms with E-state index in [1.807, 2.05) is 0 Å². The van der Waals surface area contributed by atoms with Gasteiger partial charge in [-0.25, -0.2) is 0 Å². The van der Waals surface area contributed by atoms with Crippen LogP contribution < -0.4 is 11.1 Å². The molecule has 21 heavy (non-hydrogen) atoms. The molecular formula is C16H24N2O3. The normalized spacial score (nSPS) is 22.0. The van der Waals surface area contributed by atoms with Crippen LogP contribution in [0, 0.1) is 5.41 Å². The van der Waals surface area contributed by atoms with E-state index in [4.69, 9.17) is 5.73 Å². The SMILES string of the molecule is CC1(C)CCC(NC(=O)[C@@H](N)Cc2ccc(O)c(O)c2)C1. The summed E-state index contributed by atoms with van der Waals surface area (Å²) in [6.07, 6.45) is 3.41. The Bertz CT molecular complexity index is 528. The van der Waals surface area contributed by atoms with Crippen LogP contribution in [0.1, 0.15) is 38.7 Å². The average Bonchev–Trinajstić information content (AvgIpc) is 2.73. The number of benzene rings is 1. The highest BCUT2D eigenvalue weighted by molar-refractivity contribution is 5.82. The maximum atomic E-state index is 12.1. The first-order valence-electron chi connectivity index (χ1n) is 7.34. The zero-order valence-corrected chi connectivity index (χ0v) is 12.6. The Morgan fingerprint density at radius 1 is 1.43 bits per heavy atom. The summed E-state index contributed by atoms with van der Waals surface area (Å²) in [6, 6.07) is 4.03. The van der Waals surface area contributed by atoms with Crippen LogP contribution in [-0.4, -0.2) is 28.2 Å². The predicted molar refractivity (Wildman–Crippen MR) is 81.0 cm³/mol. The monoisotopic (exact) mass is 292 g/mol. The molecule has 1 aliphatic carbocycles. The van der Waals surface area contributed by atoms with E-state index in [2.05, 4.69) is 19.2 Å². The van der Waals surface area contributed by atoms with Crippen molar-refractivity contribution >= 4 is 5.91 Å². The van der Waals surface area contributed by atoms with Gasteiger partial charge in [-0.05, 0) is 48.8 Å². The molecule has 1 aromatic carbocycles. The Morgan fingerprint density at radius 2 is 2.14 bits per heavy atom. The van der Waals surface area contributed by atoms with Crippen LogP contribution in [0.3, 0.4) is 0 Å². The molecule has 5 heteroatoms. The van der Waals surface area contributed by atoms with E-state index in [9.17, 15) is 15.0 Å². The van der Waals surface area contributed by atoms with Crippen LogP contribution in [0.4, 0.5) is 0 Å². The molecule has 2 atom stereocenters. The van der Waals surface area contributed by atoms with E-state index >= 15 is 0 Å². The van der Waals surface area contributed by atoms with Gasteiger partial charge in [0.2, 0.25) is 5.91 Å². The number of hydrogen-bond acceptors (Lipinski definition) is 4. The fourth-order valence-electron chi connectivity index (χ4n) is 2.91. The van der Waals surface area contributed by atoms with Crippen LogP contribution in [0.5, 0.6) is 11.5 Å². The van der Waals surface area contributed by atoms with E-state index < -0.39 is 6.04 Å². The summed E-state index contributed by atoms with van der Waals surface area (Å²) < 4.78 is 0. The number of aromatic hydroxyl groups is 2. The minimum Gasteiger partial charge on any atom is -0.504 e. The van der Waals surface area contributed by atoms with E-state index in [1.165, 1.54) is 12.1 Å². The van der Waals surface area contributed by atoms with Gasteiger partial charge in [-0.3, -0.25) is 4.79 Å². The number of amides is 1. The number of nitrogens with one attached hydrogen (secondary N) is 1. The average molecular weight is 292 g/mol. The van der Waals surface area contributed by atoms with E-state index in [0.29, 0.717) is 6.42 Å². The van der Waals surface area contributed by atoms with Crippen molar-refractivity contribution in [3.05, 3.63) is 23.8 Å². The second-order valence-electron chi connectivity index (χ2n) is 6.75. The van der Waals surface area contributed by atoms with Crippen LogP contribution >= 0.6 is 0 Å². The van der Waals surface area contributed by atoms with Gasteiger partial charge in [0.05, 0.1) is 6.04 Å². The summed E-state index contributed by atoms with van der Waals surface area (Å²) >= 11 is 0. The second kappa shape index (κ2) is 5.93. The lowest BCUT2D eigenvalue weighted by atomic mass is 9.92. The van der Waals surface area contributed by atoms with Crippen molar-refractivity contribution in [1.82, 2.24) is 5.32 Å². The number of hydrogen-bond donors (Lipinski definition) is 4. The lowest BCUT2D eigenvalue weighted by Gasteiger charge is -2.19. The number of phenols is 2. The lowest BCUT2D eigenvalue weighted by molar-refractivity contribution is -0.123. The van der Waals surface area contributed by atoms with Crippen molar-refractivity contribution in [1.29, 1.82) is 0 Å². The first-order chi connectivity index (χ1) is 9.77. The molecule has 1 unspecified atom stereocenters. The molecule has 1 amide bonds. The molecule has 0 aromatic heterocycles. The molecule has 1 aliphatic rings. The summed E-state index contributed by atoms with van der Waals surface area (Å²) in [5.74, 6) is -0.534. The molecule has 1 saturated carbocycles. The van der Waals surface area contributed by atoms with Crippen molar-refractivity contribution in [3.63, 3.8) is 0 Å². The Hall–Kier alpha value is -1.75. The van der Waals surface area contributed by atoms with Gasteiger partial charge in [0.25, 0.3) is 0 Å². The molecule has 0 bridgehead atoms. The van der Waals surface area contributed by atoms with Crippen molar-refractivity contribution in [2.75, 3.05) is 0 Å². The maximum Gasteiger partial charge on any atom is 0.237 e. The number of carbonyl (C=O) groups excluding carboxylic acids is 1. The summed E-state index contributed by atoms with van der Waals surface area (Å²) in [4.78, 5) is 12.1. The van der Waals surface area contributed by atoms with Gasteiger partial charge in [0, 0.05) is 6.04 Å². The highest BCUT2D eigenvalue weighted by Gasteiger charge is 2.32. The number of phenolic OH excluding ortho intramolecular Hbond substituents is 2. The van der Waals surface area contributed by atoms with E-state index in [1.54, 1.807) is 6.07 Å². The molecule has 5 N–H and O–H groups in total. The third kappa shape index (κ3) is 4.11. The Morgan fingerprint density at radius 3 is 2.71 bits per heavy atom. The van der Waals surface area contributed by atoms with Crippen molar-refractivity contribution < 1.29 is 15.0 Å². The van der Waals surface area contributed by atoms with Gasteiger partial charge in [-0.1, -0.05) is 19.9 Å². The molecule has 0 heterocycles. The standard InChI is InChI=1S/C16H24N2O3/c1-16(2)6-5-11(9-16)18-15(21)12(17)7-10-3-4-13(19)14(20)8-10/h3-4,8,11-12,19-20H,5-7,9,17H2,1-2H3,(H,18,21)/t11?,12-/m0/s1. The Kier molecular flexibility index (Phi) is 4.42. The van der Waals surface area contributed by atoms with E-state index in [0.717, 1.165) is 24.8 Å². The number of nitrogens with two attached hydrogens (primary N) is 1. The number of carbonyl (C=O) groups is 1. The number of rotatable bonds is 4. The zero-order valence-electron chi connectivity index (χ0n) is 12.6. The van der Waals surface area contributed by atoms with Crippen molar-refractivity contribution in [2.45, 2.75) is 51.6 Å². The van der Waals surface area contributed by atoms with Crippen LogP contribution in [0.2, 0.25) is 0 Å². The smallest absolute Gasteiger partial charge is 0.237 e. The van der Waals surface area contributed by atoms with Gasteiger partial charge in [0.15, 0.2) is 11.5 Å². The first-order valence-corrected chi connectivity index (χ1v) is 7.34. The van der Waals surface area contributed by atoms with Crippen LogP contribution in [0.15, 0.2) is 18.2 Å². The highest BCUT2D eigenvalue weighted by Crippen LogP contribution is 2.36. The summed E-state index contributed by atoms with van der Waals surface area (Å²) in [5.41, 5.74) is 6.93. The third-order valence-electron chi connectivity index (χ3n) is 4.15. The second-order valence-corrected chi connectivity index (χ2v) is 6.75. The summed E-state index contributed by atoms with van der Waals surface area (Å²) in [5, 5.41) is 21.7. The molecule has 1 aromatic rings. The molecule has 5 nitrogen and oxygen atoms in total. The molecule has 0 aliphatic heterocycles. The molecule has 116 valence electrons. The minimum absolute atomic E-state index is 0.162. The van der Waals surface area contributed by atoms with E-state index in [-0.39, 0.29) is 28.9 Å². The van der Waals surface area contributed by atoms with Gasteiger partial charge < -0.3 is 21.3 Å². The summed E-state index contributed by atoms with van der Waals surface area (Å²) in [6.45, 7) is 4.41. The Balaban J connectivity index is 1.89. The van der Waals surface area contributed by atoms with Crippen molar-refractivity contribution in [3.8, 4) is 11.5 Å². The molecule has 2 rings (SSSR count). The third-order valence-corrected chi connectivity index (χ3v) is 4.15. The largest absolute Gasteiger partial charge is 0.504 e. The Labute approximate surface area is 125 Å². The van der Waals surface area contributed by atoms with Crippen LogP contribution in [0.25, 0.3) is 0 Å². The topological polar surface area (TPSA) is 95.6 Å². The predicted octanol–water partition coefficient (Wildman–Crippen LogP) is 1.66. The lowest BCUT2D eigenvalue weighted by Crippen LogP contribution is -2.45. The molecule has 1 fully saturated rings. The van der Waals surface area contributed by atoms with Gasteiger partial charge in [-0.15, -0.1) is 0 Å². The maximum absolute atomic E-state index is 12.1. The van der Waals surface area contributed by atoms with Crippen LogP contribution in [-0.2, 0) is 11.2 Å². The quantitative estimate of drug-likeness (QED) is 0.635. The fourth-order valence-corrected chi connectivity index (χ4v) is 2.91. The molecular weight excluding hydrogens is 268 g/mol. The minimum atomic E-state index is -0.655. The van der Waals surface area contributed by atoms with Gasteiger partial charge >= 0.3 is 0 Å². The molecule has 0 radical (unpaired) electrons. The summed E-state index contributed by atoms with van der Waals surface area (Å²) in [7, 11) is 0. The first kappa shape index (κ1) is 15.6. The molecule has 0 saturated heterocycles. The fraction of sp³-hybridized carbons (Fsp3) is 0.562. The van der Waals surface area contributed by atoms with Gasteiger partial charge in [0.1, 0.15) is 0 Å². The molecule has 0 spiro atoms. The zero-order chi connectivity index (χ0) is 15.6.